The molecule has 4 bridgehead atoms. The van der Waals surface area contributed by atoms with Crippen LogP contribution in [0.2, 0.25) is 0 Å². The van der Waals surface area contributed by atoms with Crippen molar-refractivity contribution in [1.29, 1.82) is 0 Å². The minimum atomic E-state index is -0.545. The Bertz CT molecular complexity index is 1030. The summed E-state index contributed by atoms with van der Waals surface area (Å²) in [5.41, 5.74) is 0.609. The summed E-state index contributed by atoms with van der Waals surface area (Å²) in [4.78, 5) is 26.0. The van der Waals surface area contributed by atoms with Gasteiger partial charge in [-0.2, -0.15) is 0 Å². The molecule has 4 fully saturated rings. The molecular weight excluding hydrogens is 409 g/mol. The van der Waals surface area contributed by atoms with Gasteiger partial charge in [0.2, 0.25) is 0 Å². The molecule has 4 aliphatic rings. The first-order valence-corrected chi connectivity index (χ1v) is 11.5. The summed E-state index contributed by atoms with van der Waals surface area (Å²) < 4.78 is 18.9. The van der Waals surface area contributed by atoms with Crippen molar-refractivity contribution in [1.82, 2.24) is 5.32 Å². The van der Waals surface area contributed by atoms with E-state index in [4.69, 9.17) is 4.74 Å². The van der Waals surface area contributed by atoms with Crippen LogP contribution < -0.4 is 10.1 Å². The van der Waals surface area contributed by atoms with E-state index in [2.05, 4.69) is 5.32 Å². The highest BCUT2D eigenvalue weighted by atomic mass is 19.1. The Balaban J connectivity index is 1.36. The van der Waals surface area contributed by atoms with E-state index in [0.29, 0.717) is 46.8 Å². The zero-order chi connectivity index (χ0) is 22.5. The molecule has 32 heavy (non-hydrogen) atoms. The molecule has 0 aromatic heterocycles. The van der Waals surface area contributed by atoms with Crippen LogP contribution in [0.15, 0.2) is 42.5 Å². The molecule has 0 spiro atoms. The van der Waals surface area contributed by atoms with Gasteiger partial charge in [-0.25, -0.2) is 4.39 Å². The highest BCUT2D eigenvalue weighted by molar-refractivity contribution is 6.10. The molecule has 2 unspecified atom stereocenters. The van der Waals surface area contributed by atoms with Gasteiger partial charge in [0, 0.05) is 17.2 Å². The van der Waals surface area contributed by atoms with Crippen LogP contribution in [0.4, 0.5) is 4.39 Å². The van der Waals surface area contributed by atoms with Gasteiger partial charge in [0.05, 0.1) is 17.8 Å². The van der Waals surface area contributed by atoms with Crippen LogP contribution in [0.1, 0.15) is 65.3 Å². The van der Waals surface area contributed by atoms with Gasteiger partial charge >= 0.3 is 0 Å². The molecule has 2 aromatic rings. The van der Waals surface area contributed by atoms with Gasteiger partial charge in [-0.05, 0) is 99.2 Å². The Labute approximate surface area is 187 Å². The van der Waals surface area contributed by atoms with Crippen LogP contribution in [0, 0.1) is 23.6 Å². The van der Waals surface area contributed by atoms with E-state index < -0.39 is 11.4 Å². The van der Waals surface area contributed by atoms with Gasteiger partial charge in [-0.3, -0.25) is 9.59 Å². The fraction of sp³-hybridized carbons (Fsp3) is 0.462. The fourth-order valence-electron chi connectivity index (χ4n) is 6.34. The van der Waals surface area contributed by atoms with E-state index in [0.717, 1.165) is 32.1 Å². The van der Waals surface area contributed by atoms with E-state index in [1.54, 1.807) is 18.2 Å². The zero-order valence-corrected chi connectivity index (χ0v) is 18.1. The monoisotopic (exact) mass is 437 g/mol. The number of amides is 1. The van der Waals surface area contributed by atoms with E-state index in [9.17, 15) is 19.1 Å². The molecular formula is C26H28FNO4. The fourth-order valence-corrected chi connectivity index (χ4v) is 6.34. The van der Waals surface area contributed by atoms with Crippen LogP contribution in [0.3, 0.4) is 0 Å². The molecule has 6 heteroatoms. The Morgan fingerprint density at radius 1 is 1.06 bits per heavy atom. The van der Waals surface area contributed by atoms with Crippen LogP contribution in [0.5, 0.6) is 5.75 Å². The quantitative estimate of drug-likeness (QED) is 0.667. The van der Waals surface area contributed by atoms with Crippen molar-refractivity contribution in [3.05, 3.63) is 65.0 Å². The molecule has 2 atom stereocenters. The first-order valence-electron chi connectivity index (χ1n) is 11.5. The molecule has 2 N–H and O–H groups in total. The molecule has 0 heterocycles. The van der Waals surface area contributed by atoms with Crippen molar-refractivity contribution in [3.8, 4) is 5.75 Å². The maximum absolute atomic E-state index is 13.2. The molecule has 168 valence electrons. The number of benzene rings is 2. The minimum absolute atomic E-state index is 0.0642. The van der Waals surface area contributed by atoms with E-state index in [-0.39, 0.29) is 17.7 Å². The van der Waals surface area contributed by atoms with Crippen LogP contribution >= 0.6 is 0 Å². The Morgan fingerprint density at radius 2 is 1.72 bits per heavy atom. The average molecular weight is 438 g/mol. The molecule has 4 saturated carbocycles. The van der Waals surface area contributed by atoms with Crippen molar-refractivity contribution >= 4 is 11.7 Å². The predicted molar refractivity (Wildman–Crippen MR) is 117 cm³/mol. The molecule has 1 amide bonds. The van der Waals surface area contributed by atoms with Crippen molar-refractivity contribution in [2.45, 2.75) is 50.7 Å². The van der Waals surface area contributed by atoms with E-state index in [1.165, 1.54) is 24.3 Å². The van der Waals surface area contributed by atoms with Crippen molar-refractivity contribution in [2.24, 2.45) is 17.8 Å². The van der Waals surface area contributed by atoms with Gasteiger partial charge in [-0.15, -0.1) is 0 Å². The Hall–Kier alpha value is -2.73. The number of carbonyl (C=O) groups is 2. The van der Waals surface area contributed by atoms with Gasteiger partial charge in [0.15, 0.2) is 5.78 Å². The Kier molecular flexibility index (Phi) is 5.28. The molecule has 0 aliphatic heterocycles. The summed E-state index contributed by atoms with van der Waals surface area (Å²) in [7, 11) is 0. The Morgan fingerprint density at radius 3 is 2.34 bits per heavy atom. The summed E-state index contributed by atoms with van der Waals surface area (Å²) in [6.45, 7) is 2.19. The summed E-state index contributed by atoms with van der Waals surface area (Å²) in [6, 6.07) is 10.3. The van der Waals surface area contributed by atoms with Crippen LogP contribution in [0.25, 0.3) is 0 Å². The second-order valence-electron chi connectivity index (χ2n) is 9.67. The third kappa shape index (κ3) is 3.81. The minimum Gasteiger partial charge on any atom is -0.493 e. The summed E-state index contributed by atoms with van der Waals surface area (Å²) >= 11 is 0. The van der Waals surface area contributed by atoms with Crippen LogP contribution in [-0.2, 0) is 0 Å². The second-order valence-corrected chi connectivity index (χ2v) is 9.67. The second kappa shape index (κ2) is 8.00. The van der Waals surface area contributed by atoms with Gasteiger partial charge in [-0.1, -0.05) is 0 Å². The largest absolute Gasteiger partial charge is 0.493 e. The number of ether oxygens (including phenoxy) is 1. The summed E-state index contributed by atoms with van der Waals surface area (Å²) in [5.74, 6) is 0.684. The first-order chi connectivity index (χ1) is 15.3. The average Bonchev–Trinajstić information content (AvgIpc) is 2.75. The molecule has 0 saturated heterocycles. The lowest BCUT2D eigenvalue weighted by molar-refractivity contribution is -0.136. The number of halogens is 1. The van der Waals surface area contributed by atoms with Crippen molar-refractivity contribution < 1.29 is 23.8 Å². The summed E-state index contributed by atoms with van der Waals surface area (Å²) in [6.07, 6.45) is 4.54. The van der Waals surface area contributed by atoms with Crippen molar-refractivity contribution in [3.63, 3.8) is 0 Å². The maximum atomic E-state index is 13.2. The highest BCUT2D eigenvalue weighted by Gasteiger charge is 2.55. The lowest BCUT2D eigenvalue weighted by Gasteiger charge is -2.58. The maximum Gasteiger partial charge on any atom is 0.255 e. The molecule has 5 nitrogen and oxygen atoms in total. The third-order valence-corrected chi connectivity index (χ3v) is 7.43. The summed E-state index contributed by atoms with van der Waals surface area (Å²) in [5, 5.41) is 14.0. The highest BCUT2D eigenvalue weighted by Crippen LogP contribution is 2.55. The van der Waals surface area contributed by atoms with E-state index in [1.807, 2.05) is 6.92 Å². The lowest BCUT2D eigenvalue weighted by Crippen LogP contribution is -2.61. The predicted octanol–water partition coefficient (Wildman–Crippen LogP) is 4.12. The topological polar surface area (TPSA) is 75.6 Å². The molecule has 0 radical (unpaired) electrons. The normalized spacial score (nSPS) is 30.2. The first kappa shape index (κ1) is 21.1. The number of rotatable bonds is 6. The number of hydrogen-bond acceptors (Lipinski definition) is 4. The standard InChI is InChI=1S/C26H28FNO4/c1-2-32-22-11-17(24(29)16-3-6-20(27)7-4-16)5-8-21(22)25(30)28-23-18-9-15-10-19(23)14-26(31,12-15)13-18/h3-8,11,15,18-19,23,31H,2,9-10,12-14H2,1H3,(H,28,30). The van der Waals surface area contributed by atoms with Gasteiger partial charge in [0.25, 0.3) is 5.91 Å². The zero-order valence-electron chi connectivity index (χ0n) is 18.1. The number of aliphatic hydroxyl groups is 1. The lowest BCUT2D eigenvalue weighted by atomic mass is 9.52. The molecule has 4 aliphatic carbocycles. The van der Waals surface area contributed by atoms with E-state index >= 15 is 0 Å². The number of carbonyl (C=O) groups excluding carboxylic acids is 2. The number of nitrogens with one attached hydrogen (secondary N) is 1. The SMILES string of the molecule is CCOc1cc(C(=O)c2ccc(F)cc2)ccc1C(=O)NC1C2CC3CC1CC(O)(C3)C2. The molecule has 2 aromatic carbocycles. The molecule has 6 rings (SSSR count). The van der Waals surface area contributed by atoms with Gasteiger partial charge in [0.1, 0.15) is 11.6 Å². The number of hydrogen-bond donors (Lipinski definition) is 2. The smallest absolute Gasteiger partial charge is 0.255 e. The van der Waals surface area contributed by atoms with Gasteiger partial charge < -0.3 is 15.2 Å². The van der Waals surface area contributed by atoms with Crippen molar-refractivity contribution in [2.75, 3.05) is 6.61 Å². The van der Waals surface area contributed by atoms with Crippen LogP contribution in [-0.4, -0.2) is 35.0 Å². The number of ketones is 1. The third-order valence-electron chi connectivity index (χ3n) is 7.43.